The second kappa shape index (κ2) is 3.31. The first kappa shape index (κ1) is 9.94. The molecule has 13 heavy (non-hydrogen) atoms. The summed E-state index contributed by atoms with van der Waals surface area (Å²) in [5, 5.41) is 0.149. The molecule has 0 saturated carbocycles. The Morgan fingerprint density at radius 3 is 2.38 bits per heavy atom. The van der Waals surface area contributed by atoms with Crippen molar-refractivity contribution in [2.24, 2.45) is 0 Å². The molecule has 0 aliphatic carbocycles. The minimum Gasteiger partial charge on any atom is -0.166 e. The Bertz CT molecular complexity index is 360. The molecule has 4 heteroatoms. The molecule has 0 unspecified atom stereocenters. The van der Waals surface area contributed by atoms with E-state index >= 15 is 0 Å². The first-order valence-corrected chi connectivity index (χ1v) is 3.66. The summed E-state index contributed by atoms with van der Waals surface area (Å²) >= 11 is 5.54. The van der Waals surface area contributed by atoms with Crippen molar-refractivity contribution < 1.29 is 13.2 Å². The lowest BCUT2D eigenvalue weighted by Crippen LogP contribution is -2.04. The Morgan fingerprint density at radius 2 is 1.92 bits per heavy atom. The van der Waals surface area contributed by atoms with Gasteiger partial charge in [0.25, 0.3) is 0 Å². The van der Waals surface area contributed by atoms with E-state index in [0.717, 1.165) is 18.2 Å². The van der Waals surface area contributed by atoms with E-state index in [1.807, 2.05) is 0 Å². The van der Waals surface area contributed by atoms with Gasteiger partial charge in [-0.1, -0.05) is 17.5 Å². The highest BCUT2D eigenvalue weighted by atomic mass is 35.5. The van der Waals surface area contributed by atoms with Crippen molar-refractivity contribution in [3.05, 3.63) is 34.3 Å². The summed E-state index contributed by atoms with van der Waals surface area (Å²) in [6.07, 6.45) is 0.582. The predicted octanol–water partition coefficient (Wildman–Crippen LogP) is 3.34. The van der Waals surface area contributed by atoms with Crippen LogP contribution in [0.1, 0.15) is 11.1 Å². The van der Waals surface area contributed by atoms with Gasteiger partial charge in [0.2, 0.25) is 0 Å². The van der Waals surface area contributed by atoms with Crippen LogP contribution in [0, 0.1) is 12.3 Å². The third-order valence-electron chi connectivity index (χ3n) is 1.45. The van der Waals surface area contributed by atoms with Gasteiger partial charge in [0.15, 0.2) is 0 Å². The average Bonchev–Trinajstić information content (AvgIpc) is 2.03. The Morgan fingerprint density at radius 1 is 1.31 bits per heavy atom. The number of hydrogen-bond donors (Lipinski definition) is 0. The molecule has 0 radical (unpaired) electrons. The quantitative estimate of drug-likeness (QED) is 0.569. The van der Waals surface area contributed by atoms with Gasteiger partial charge >= 0.3 is 6.18 Å². The largest absolute Gasteiger partial charge is 0.416 e. The maximum atomic E-state index is 12.1. The fourth-order valence-corrected chi connectivity index (χ4v) is 0.984. The molecular weight excluding hydrogens is 201 g/mol. The summed E-state index contributed by atoms with van der Waals surface area (Å²) in [6.45, 7) is 0. The first-order valence-electron chi connectivity index (χ1n) is 3.28. The van der Waals surface area contributed by atoms with Crippen molar-refractivity contribution in [2.75, 3.05) is 0 Å². The van der Waals surface area contributed by atoms with Gasteiger partial charge < -0.3 is 0 Å². The molecule has 0 saturated heterocycles. The van der Waals surface area contributed by atoms with E-state index in [-0.39, 0.29) is 10.6 Å². The maximum absolute atomic E-state index is 12.1. The summed E-state index contributed by atoms with van der Waals surface area (Å²) in [5.41, 5.74) is -0.735. The lowest BCUT2D eigenvalue weighted by molar-refractivity contribution is -0.137. The van der Waals surface area contributed by atoms with Crippen LogP contribution in [0.5, 0.6) is 0 Å². The van der Waals surface area contributed by atoms with Gasteiger partial charge in [0.1, 0.15) is 0 Å². The third-order valence-corrected chi connectivity index (χ3v) is 1.78. The van der Waals surface area contributed by atoms with Crippen LogP contribution in [-0.4, -0.2) is 0 Å². The lowest BCUT2D eigenvalue weighted by Gasteiger charge is -2.06. The smallest absolute Gasteiger partial charge is 0.166 e. The van der Waals surface area contributed by atoms with Crippen LogP contribution < -0.4 is 0 Å². The Labute approximate surface area is 78.3 Å². The molecule has 0 spiro atoms. The number of terminal acetylenes is 1. The molecule has 0 atom stereocenters. The highest BCUT2D eigenvalue weighted by Crippen LogP contribution is 2.31. The second-order valence-electron chi connectivity index (χ2n) is 2.34. The van der Waals surface area contributed by atoms with E-state index in [1.165, 1.54) is 0 Å². The van der Waals surface area contributed by atoms with Crippen molar-refractivity contribution >= 4 is 11.6 Å². The molecule has 0 amide bonds. The monoisotopic (exact) mass is 204 g/mol. The summed E-state index contributed by atoms with van der Waals surface area (Å²) < 4.78 is 36.4. The average molecular weight is 205 g/mol. The molecule has 1 rings (SSSR count). The minimum absolute atomic E-state index is 0.0523. The molecule has 0 aliphatic rings. The number of benzene rings is 1. The highest BCUT2D eigenvalue weighted by Gasteiger charge is 2.30. The van der Waals surface area contributed by atoms with Crippen molar-refractivity contribution in [2.45, 2.75) is 6.18 Å². The topological polar surface area (TPSA) is 0 Å². The van der Waals surface area contributed by atoms with E-state index in [0.29, 0.717) is 0 Å². The molecular formula is C9H4ClF3. The summed E-state index contributed by atoms with van der Waals surface area (Å²) in [5.74, 6) is 2.08. The molecule has 0 fully saturated rings. The van der Waals surface area contributed by atoms with Gasteiger partial charge in [-0.15, -0.1) is 6.42 Å². The van der Waals surface area contributed by atoms with Crippen LogP contribution in [0.15, 0.2) is 18.2 Å². The van der Waals surface area contributed by atoms with Crippen LogP contribution in [0.3, 0.4) is 0 Å². The fraction of sp³-hybridized carbons (Fsp3) is 0.111. The van der Waals surface area contributed by atoms with Crippen LogP contribution in [0.2, 0.25) is 5.02 Å². The minimum atomic E-state index is -4.38. The highest BCUT2D eigenvalue weighted by molar-refractivity contribution is 6.31. The molecule has 1 aromatic rings. The van der Waals surface area contributed by atoms with Gasteiger partial charge in [-0.05, 0) is 18.2 Å². The van der Waals surface area contributed by atoms with E-state index < -0.39 is 11.7 Å². The van der Waals surface area contributed by atoms with Gasteiger partial charge in [-0.3, -0.25) is 0 Å². The zero-order chi connectivity index (χ0) is 10.1. The zero-order valence-electron chi connectivity index (χ0n) is 6.32. The molecule has 0 bridgehead atoms. The zero-order valence-corrected chi connectivity index (χ0v) is 7.08. The second-order valence-corrected chi connectivity index (χ2v) is 2.74. The molecule has 0 aromatic heterocycles. The van der Waals surface area contributed by atoms with Gasteiger partial charge in [-0.25, -0.2) is 0 Å². The lowest BCUT2D eigenvalue weighted by atomic mass is 10.1. The Kier molecular flexibility index (Phi) is 2.53. The van der Waals surface area contributed by atoms with Gasteiger partial charge in [0.05, 0.1) is 10.6 Å². The van der Waals surface area contributed by atoms with Crippen LogP contribution in [0.4, 0.5) is 13.2 Å². The van der Waals surface area contributed by atoms with Crippen molar-refractivity contribution in [3.8, 4) is 12.3 Å². The molecule has 0 nitrogen and oxygen atoms in total. The van der Waals surface area contributed by atoms with E-state index in [1.54, 1.807) is 0 Å². The summed E-state index contributed by atoms with van der Waals surface area (Å²) in [6, 6.07) is 2.88. The fourth-order valence-electron chi connectivity index (χ4n) is 0.812. The molecule has 0 aliphatic heterocycles. The van der Waals surface area contributed by atoms with Crippen LogP contribution >= 0.6 is 11.6 Å². The summed E-state index contributed by atoms with van der Waals surface area (Å²) in [4.78, 5) is 0. The standard InChI is InChI=1S/C9H4ClF3/c1-2-6-5-7(9(11,12)13)3-4-8(6)10/h1,3-5H. The van der Waals surface area contributed by atoms with E-state index in [9.17, 15) is 13.2 Å². The number of alkyl halides is 3. The van der Waals surface area contributed by atoms with Crippen molar-refractivity contribution in [3.63, 3.8) is 0 Å². The number of halogens is 4. The predicted molar refractivity (Wildman–Crippen MR) is 44.4 cm³/mol. The van der Waals surface area contributed by atoms with E-state index in [2.05, 4.69) is 5.92 Å². The third kappa shape index (κ3) is 2.16. The Hall–Kier alpha value is -1.14. The molecule has 68 valence electrons. The van der Waals surface area contributed by atoms with Crippen molar-refractivity contribution in [1.82, 2.24) is 0 Å². The SMILES string of the molecule is C#Cc1cc(C(F)(F)F)ccc1Cl. The molecule has 1 aromatic carbocycles. The molecule has 0 N–H and O–H groups in total. The Balaban J connectivity index is 3.24. The summed E-state index contributed by atoms with van der Waals surface area (Å²) in [7, 11) is 0. The number of rotatable bonds is 0. The normalized spacial score (nSPS) is 11.0. The van der Waals surface area contributed by atoms with Gasteiger partial charge in [0, 0.05) is 5.56 Å². The van der Waals surface area contributed by atoms with Crippen LogP contribution in [0.25, 0.3) is 0 Å². The van der Waals surface area contributed by atoms with E-state index in [4.69, 9.17) is 18.0 Å². The number of hydrogen-bond acceptors (Lipinski definition) is 0. The first-order chi connectivity index (χ1) is 5.95. The molecule has 0 heterocycles. The van der Waals surface area contributed by atoms with Crippen molar-refractivity contribution in [1.29, 1.82) is 0 Å². The van der Waals surface area contributed by atoms with Crippen LogP contribution in [-0.2, 0) is 6.18 Å². The maximum Gasteiger partial charge on any atom is 0.416 e. The van der Waals surface area contributed by atoms with Gasteiger partial charge in [-0.2, -0.15) is 13.2 Å².